The number of nitrogens with zero attached hydrogens (tertiary/aromatic N) is 4. The zero-order valence-corrected chi connectivity index (χ0v) is 18.1. The Kier molecular flexibility index (Phi) is 6.53. The summed E-state index contributed by atoms with van der Waals surface area (Å²) < 4.78 is 7.49. The van der Waals surface area contributed by atoms with E-state index in [4.69, 9.17) is 10.5 Å². The molecule has 9 heteroatoms. The lowest BCUT2D eigenvalue weighted by molar-refractivity contribution is 0.0619. The summed E-state index contributed by atoms with van der Waals surface area (Å²) in [5, 5.41) is 20.9. The molecule has 1 aliphatic rings. The second-order valence-electron chi connectivity index (χ2n) is 8.10. The highest BCUT2D eigenvalue weighted by atomic mass is 16.5. The molecule has 0 aliphatic heterocycles. The Morgan fingerprint density at radius 2 is 2.13 bits per heavy atom. The van der Waals surface area contributed by atoms with Gasteiger partial charge in [0.05, 0.1) is 26.0 Å². The predicted molar refractivity (Wildman–Crippen MR) is 121 cm³/mol. The van der Waals surface area contributed by atoms with Crippen molar-refractivity contribution in [2.24, 2.45) is 0 Å². The minimum absolute atomic E-state index is 0.159. The van der Waals surface area contributed by atoms with Crippen LogP contribution in [0.2, 0.25) is 0 Å². The molecule has 166 valence electrons. The second kappa shape index (κ2) is 9.49. The van der Waals surface area contributed by atoms with E-state index in [1.165, 1.54) is 0 Å². The molecule has 31 heavy (non-hydrogen) atoms. The van der Waals surface area contributed by atoms with E-state index >= 15 is 0 Å². The molecular formula is C22H31N7O2. The summed E-state index contributed by atoms with van der Waals surface area (Å²) in [5.74, 6) is 1.75. The number of fused-ring (bicyclic) bond motifs is 1. The highest BCUT2D eigenvalue weighted by molar-refractivity contribution is 5.86. The van der Waals surface area contributed by atoms with Gasteiger partial charge in [-0.3, -0.25) is 4.68 Å². The average molecular weight is 426 g/mol. The van der Waals surface area contributed by atoms with Crippen LogP contribution in [0.5, 0.6) is 5.75 Å². The summed E-state index contributed by atoms with van der Waals surface area (Å²) in [6.07, 6.45) is 5.33. The Morgan fingerprint density at radius 1 is 1.29 bits per heavy atom. The number of nitrogen functional groups attached to an aromatic ring is 1. The first kappa shape index (κ1) is 21.3. The fraction of sp³-hybridized carbons (Fsp3) is 0.500. The maximum absolute atomic E-state index is 9.48. The van der Waals surface area contributed by atoms with E-state index in [2.05, 4.69) is 44.8 Å². The standard InChI is InChI=1S/C22H31N7O2/c1-3-4-7-24-21-20-18(27-22(23)28-21)12-26-29(20)13-15-8-14(5-6-19(15)31-2)11-25-16-9-17(30)10-16/h5-6,8,12,16-17,25,30H,3-4,7,9-11,13H2,1-2H3,(H3,23,24,27,28). The number of nitrogens with one attached hydrogen (secondary N) is 2. The van der Waals surface area contributed by atoms with Crippen LogP contribution < -0.4 is 21.1 Å². The van der Waals surface area contributed by atoms with Crippen molar-refractivity contribution >= 4 is 22.8 Å². The largest absolute Gasteiger partial charge is 0.496 e. The van der Waals surface area contributed by atoms with Crippen LogP contribution in [0.15, 0.2) is 24.4 Å². The maximum atomic E-state index is 9.48. The van der Waals surface area contributed by atoms with E-state index < -0.39 is 0 Å². The monoisotopic (exact) mass is 425 g/mol. The third-order valence-electron chi connectivity index (χ3n) is 5.70. The summed E-state index contributed by atoms with van der Waals surface area (Å²) in [7, 11) is 1.68. The molecule has 4 rings (SSSR count). The molecule has 3 aromatic rings. The number of hydrogen-bond donors (Lipinski definition) is 4. The smallest absolute Gasteiger partial charge is 0.222 e. The van der Waals surface area contributed by atoms with Gasteiger partial charge in [-0.2, -0.15) is 10.1 Å². The number of aliphatic hydroxyl groups excluding tert-OH is 1. The Balaban J connectivity index is 1.58. The molecule has 0 saturated heterocycles. The molecule has 1 aliphatic carbocycles. The predicted octanol–water partition coefficient (Wildman–Crippen LogP) is 2.29. The molecule has 0 unspecified atom stereocenters. The van der Waals surface area contributed by atoms with Gasteiger partial charge in [-0.05, 0) is 37.0 Å². The van der Waals surface area contributed by atoms with Crippen molar-refractivity contribution in [1.82, 2.24) is 25.1 Å². The number of anilines is 2. The first-order valence-corrected chi connectivity index (χ1v) is 10.9. The molecule has 1 aromatic carbocycles. The van der Waals surface area contributed by atoms with Gasteiger partial charge in [-0.25, -0.2) is 4.98 Å². The van der Waals surface area contributed by atoms with Crippen LogP contribution in [0.1, 0.15) is 43.7 Å². The summed E-state index contributed by atoms with van der Waals surface area (Å²) in [5.41, 5.74) is 9.63. The Hall–Kier alpha value is -2.91. The summed E-state index contributed by atoms with van der Waals surface area (Å²) in [6.45, 7) is 4.24. The normalized spacial score (nSPS) is 18.2. The Labute approximate surface area is 182 Å². The quantitative estimate of drug-likeness (QED) is 0.365. The van der Waals surface area contributed by atoms with Gasteiger partial charge in [-0.15, -0.1) is 0 Å². The maximum Gasteiger partial charge on any atom is 0.222 e. The Bertz CT molecular complexity index is 1030. The molecule has 2 heterocycles. The van der Waals surface area contributed by atoms with Crippen molar-refractivity contribution in [3.05, 3.63) is 35.5 Å². The van der Waals surface area contributed by atoms with Crippen LogP contribution in [-0.4, -0.2) is 50.7 Å². The minimum Gasteiger partial charge on any atom is -0.496 e. The van der Waals surface area contributed by atoms with E-state index in [1.54, 1.807) is 13.3 Å². The van der Waals surface area contributed by atoms with Crippen molar-refractivity contribution in [1.29, 1.82) is 0 Å². The van der Waals surface area contributed by atoms with Crippen molar-refractivity contribution in [3.8, 4) is 5.75 Å². The minimum atomic E-state index is -0.159. The fourth-order valence-corrected chi connectivity index (χ4v) is 3.89. The molecule has 0 bridgehead atoms. The number of aliphatic hydroxyl groups is 1. The number of hydrogen-bond acceptors (Lipinski definition) is 8. The zero-order valence-electron chi connectivity index (χ0n) is 18.1. The van der Waals surface area contributed by atoms with Crippen molar-refractivity contribution in [2.75, 3.05) is 24.7 Å². The van der Waals surface area contributed by atoms with Crippen LogP contribution in [0, 0.1) is 0 Å². The number of unbranched alkanes of at least 4 members (excludes halogenated alkanes) is 1. The van der Waals surface area contributed by atoms with Crippen LogP contribution >= 0.6 is 0 Å². The van der Waals surface area contributed by atoms with E-state index in [9.17, 15) is 5.11 Å². The second-order valence-corrected chi connectivity index (χ2v) is 8.10. The van der Waals surface area contributed by atoms with Gasteiger partial charge in [0.1, 0.15) is 16.8 Å². The number of benzene rings is 1. The number of nitrogens with two attached hydrogens (primary N) is 1. The molecule has 1 fully saturated rings. The third-order valence-corrected chi connectivity index (χ3v) is 5.70. The zero-order chi connectivity index (χ0) is 21.8. The number of methoxy groups -OCH3 is 1. The lowest BCUT2D eigenvalue weighted by Gasteiger charge is -2.32. The van der Waals surface area contributed by atoms with Crippen molar-refractivity contribution < 1.29 is 9.84 Å². The molecule has 1 saturated carbocycles. The molecule has 5 N–H and O–H groups in total. The van der Waals surface area contributed by atoms with Gasteiger partial charge in [0.15, 0.2) is 5.82 Å². The topological polar surface area (TPSA) is 123 Å². The van der Waals surface area contributed by atoms with E-state index in [1.807, 2.05) is 10.7 Å². The lowest BCUT2D eigenvalue weighted by atomic mass is 9.89. The molecule has 0 atom stereocenters. The van der Waals surface area contributed by atoms with E-state index in [0.717, 1.165) is 61.2 Å². The van der Waals surface area contributed by atoms with Gasteiger partial charge in [0, 0.05) is 24.7 Å². The van der Waals surface area contributed by atoms with Gasteiger partial charge < -0.3 is 26.2 Å². The summed E-state index contributed by atoms with van der Waals surface area (Å²) >= 11 is 0. The molecule has 0 spiro atoms. The fourth-order valence-electron chi connectivity index (χ4n) is 3.89. The first-order chi connectivity index (χ1) is 15.1. The summed E-state index contributed by atoms with van der Waals surface area (Å²) in [4.78, 5) is 8.75. The van der Waals surface area contributed by atoms with Gasteiger partial charge >= 0.3 is 0 Å². The molecular weight excluding hydrogens is 394 g/mol. The SMILES string of the molecule is CCCCNc1nc(N)nc2cnn(Cc3cc(CNC4CC(O)C4)ccc3OC)c12. The number of ether oxygens (including phenoxy) is 1. The first-order valence-electron chi connectivity index (χ1n) is 10.9. The molecule has 0 amide bonds. The molecule has 0 radical (unpaired) electrons. The van der Waals surface area contributed by atoms with Crippen molar-refractivity contribution in [3.63, 3.8) is 0 Å². The third kappa shape index (κ3) is 4.88. The van der Waals surface area contributed by atoms with Crippen LogP contribution in [0.4, 0.5) is 11.8 Å². The number of rotatable bonds is 10. The van der Waals surface area contributed by atoms with Gasteiger partial charge in [0.25, 0.3) is 0 Å². The van der Waals surface area contributed by atoms with Crippen LogP contribution in [0.3, 0.4) is 0 Å². The highest BCUT2D eigenvalue weighted by Gasteiger charge is 2.26. The van der Waals surface area contributed by atoms with E-state index in [-0.39, 0.29) is 12.1 Å². The summed E-state index contributed by atoms with van der Waals surface area (Å²) in [6, 6.07) is 6.57. The number of aromatic nitrogens is 4. The van der Waals surface area contributed by atoms with E-state index in [0.29, 0.717) is 23.9 Å². The van der Waals surface area contributed by atoms with Gasteiger partial charge in [-0.1, -0.05) is 19.4 Å². The molecule has 9 nitrogen and oxygen atoms in total. The van der Waals surface area contributed by atoms with Gasteiger partial charge in [0.2, 0.25) is 5.95 Å². The average Bonchev–Trinajstić information content (AvgIpc) is 3.13. The molecule has 2 aromatic heterocycles. The Morgan fingerprint density at radius 3 is 2.87 bits per heavy atom. The highest BCUT2D eigenvalue weighted by Crippen LogP contribution is 2.26. The van der Waals surface area contributed by atoms with Crippen molar-refractivity contribution in [2.45, 2.75) is 57.8 Å². The van der Waals surface area contributed by atoms with Crippen LogP contribution in [0.25, 0.3) is 11.0 Å². The lowest BCUT2D eigenvalue weighted by Crippen LogP contribution is -2.43. The van der Waals surface area contributed by atoms with Crippen LogP contribution in [-0.2, 0) is 13.1 Å².